The van der Waals surface area contributed by atoms with E-state index in [4.69, 9.17) is 11.6 Å². The van der Waals surface area contributed by atoms with Crippen molar-refractivity contribution in [2.75, 3.05) is 0 Å². The van der Waals surface area contributed by atoms with Crippen molar-refractivity contribution in [2.45, 2.75) is 0 Å². The van der Waals surface area contributed by atoms with Crippen LogP contribution >= 0.6 is 34.2 Å². The van der Waals surface area contributed by atoms with E-state index in [0.717, 1.165) is 14.8 Å². The molecule has 2 aromatic carbocycles. The van der Waals surface area contributed by atoms with Crippen molar-refractivity contribution in [1.82, 2.24) is 5.32 Å². The Labute approximate surface area is 162 Å². The molecule has 1 aliphatic heterocycles. The van der Waals surface area contributed by atoms with E-state index in [1.54, 1.807) is 24.4 Å². The predicted molar refractivity (Wildman–Crippen MR) is 107 cm³/mol. The first-order chi connectivity index (χ1) is 12.0. The van der Waals surface area contributed by atoms with Gasteiger partial charge in [-0.1, -0.05) is 36.4 Å². The van der Waals surface area contributed by atoms with Crippen molar-refractivity contribution in [3.63, 3.8) is 0 Å². The SMILES string of the molecule is C=C/C=C1\N=CC=C(c2cccc(I)c2-c2ccc(F)c(Cl)c2F)N1. The van der Waals surface area contributed by atoms with Gasteiger partial charge < -0.3 is 5.32 Å². The van der Waals surface area contributed by atoms with E-state index < -0.39 is 16.7 Å². The van der Waals surface area contributed by atoms with Crippen LogP contribution in [0.25, 0.3) is 16.8 Å². The van der Waals surface area contributed by atoms with Crippen molar-refractivity contribution >= 4 is 46.1 Å². The van der Waals surface area contributed by atoms with Gasteiger partial charge in [0.1, 0.15) is 16.7 Å². The average Bonchev–Trinajstić information content (AvgIpc) is 2.61. The Bertz CT molecular complexity index is 949. The minimum absolute atomic E-state index is 0.242. The summed E-state index contributed by atoms with van der Waals surface area (Å²) in [6, 6.07) is 8.15. The van der Waals surface area contributed by atoms with Crippen LogP contribution in [0.2, 0.25) is 5.02 Å². The minimum atomic E-state index is -0.784. The number of nitrogens with one attached hydrogen (secondary N) is 1. The molecule has 0 spiro atoms. The van der Waals surface area contributed by atoms with Crippen LogP contribution < -0.4 is 5.32 Å². The summed E-state index contributed by atoms with van der Waals surface area (Å²) in [4.78, 5) is 4.19. The highest BCUT2D eigenvalue weighted by Gasteiger charge is 2.20. The molecule has 3 rings (SSSR count). The van der Waals surface area contributed by atoms with Gasteiger partial charge >= 0.3 is 0 Å². The lowest BCUT2D eigenvalue weighted by Crippen LogP contribution is -2.15. The molecule has 0 radical (unpaired) electrons. The summed E-state index contributed by atoms with van der Waals surface area (Å²) in [5.41, 5.74) is 2.38. The number of benzene rings is 2. The number of nitrogens with zero attached hydrogens (tertiary/aromatic N) is 1. The molecular formula is C19H12ClF2IN2. The molecule has 0 aliphatic carbocycles. The lowest BCUT2D eigenvalue weighted by molar-refractivity contribution is 0.586. The normalized spacial score (nSPS) is 15.0. The number of hydrogen-bond donors (Lipinski definition) is 1. The summed E-state index contributed by atoms with van der Waals surface area (Å²) < 4.78 is 29.0. The van der Waals surface area contributed by atoms with E-state index in [0.29, 0.717) is 11.4 Å². The maximum atomic E-state index is 14.6. The van der Waals surface area contributed by atoms with Crippen molar-refractivity contribution in [2.24, 2.45) is 4.99 Å². The zero-order chi connectivity index (χ0) is 18.0. The molecule has 0 amide bonds. The highest BCUT2D eigenvalue weighted by Crippen LogP contribution is 2.37. The van der Waals surface area contributed by atoms with Gasteiger partial charge in [-0.15, -0.1) is 0 Å². The van der Waals surface area contributed by atoms with Crippen molar-refractivity contribution in [3.05, 3.63) is 86.8 Å². The second-order valence-corrected chi connectivity index (χ2v) is 6.70. The van der Waals surface area contributed by atoms with E-state index in [1.165, 1.54) is 12.1 Å². The van der Waals surface area contributed by atoms with Crippen LogP contribution in [0.3, 0.4) is 0 Å². The standard InChI is InChI=1S/C19H12ClF2IN2/c1-2-4-16-24-10-9-15(25-16)11-5-3-6-14(23)17(11)12-7-8-13(21)18(20)19(12)22/h2-10,25H,1H2/b16-4+. The third-order valence-electron chi connectivity index (χ3n) is 3.60. The summed E-state index contributed by atoms with van der Waals surface area (Å²) in [7, 11) is 0. The number of hydrogen-bond acceptors (Lipinski definition) is 2. The van der Waals surface area contributed by atoms with Gasteiger partial charge in [0, 0.05) is 32.2 Å². The Morgan fingerprint density at radius 2 is 1.96 bits per heavy atom. The molecule has 1 heterocycles. The molecule has 1 N–H and O–H groups in total. The van der Waals surface area contributed by atoms with Crippen LogP contribution in [0.4, 0.5) is 8.78 Å². The number of rotatable bonds is 3. The van der Waals surface area contributed by atoms with Crippen molar-refractivity contribution in [3.8, 4) is 11.1 Å². The third-order valence-corrected chi connectivity index (χ3v) is 4.85. The Morgan fingerprint density at radius 3 is 2.72 bits per heavy atom. The fourth-order valence-corrected chi connectivity index (χ4v) is 3.45. The van der Waals surface area contributed by atoms with Crippen molar-refractivity contribution < 1.29 is 8.78 Å². The van der Waals surface area contributed by atoms with Crippen LogP contribution in [0.15, 0.2) is 66.0 Å². The van der Waals surface area contributed by atoms with E-state index in [-0.39, 0.29) is 5.56 Å². The first-order valence-corrected chi connectivity index (χ1v) is 8.75. The highest BCUT2D eigenvalue weighted by molar-refractivity contribution is 14.1. The van der Waals surface area contributed by atoms with Crippen LogP contribution in [0.1, 0.15) is 5.56 Å². The van der Waals surface area contributed by atoms with Crippen molar-refractivity contribution in [1.29, 1.82) is 0 Å². The monoisotopic (exact) mass is 468 g/mol. The second-order valence-electron chi connectivity index (χ2n) is 5.16. The molecule has 0 atom stereocenters. The fourth-order valence-electron chi connectivity index (χ4n) is 2.50. The predicted octanol–water partition coefficient (Wildman–Crippen LogP) is 5.93. The lowest BCUT2D eigenvalue weighted by atomic mass is 9.96. The third kappa shape index (κ3) is 3.52. The molecule has 6 heteroatoms. The van der Waals surface area contributed by atoms with Gasteiger partial charge in [0.2, 0.25) is 0 Å². The van der Waals surface area contributed by atoms with E-state index in [1.807, 2.05) is 18.2 Å². The Balaban J connectivity index is 2.19. The van der Waals surface area contributed by atoms with Crippen LogP contribution in [-0.2, 0) is 0 Å². The molecule has 25 heavy (non-hydrogen) atoms. The van der Waals surface area contributed by atoms with Crippen LogP contribution in [0.5, 0.6) is 0 Å². The van der Waals surface area contributed by atoms with Gasteiger partial charge in [0.05, 0.1) is 0 Å². The maximum absolute atomic E-state index is 14.6. The summed E-state index contributed by atoms with van der Waals surface area (Å²) in [6.07, 6.45) is 6.79. The molecule has 2 nitrogen and oxygen atoms in total. The molecule has 0 fully saturated rings. The number of halogens is 4. The fraction of sp³-hybridized carbons (Fsp3) is 0. The van der Waals surface area contributed by atoms with Gasteiger partial charge in [-0.3, -0.25) is 0 Å². The van der Waals surface area contributed by atoms with Crippen LogP contribution in [0, 0.1) is 15.2 Å². The van der Waals surface area contributed by atoms with Gasteiger partial charge in [-0.2, -0.15) is 0 Å². The molecule has 1 aliphatic rings. The summed E-state index contributed by atoms with van der Waals surface area (Å²) in [5.74, 6) is -0.942. The molecule has 0 saturated heterocycles. The zero-order valence-electron chi connectivity index (χ0n) is 12.9. The quantitative estimate of drug-likeness (QED) is 0.438. The second kappa shape index (κ2) is 7.49. The lowest BCUT2D eigenvalue weighted by Gasteiger charge is -2.19. The first kappa shape index (κ1) is 17.8. The van der Waals surface area contributed by atoms with E-state index >= 15 is 0 Å². The zero-order valence-corrected chi connectivity index (χ0v) is 15.8. The maximum Gasteiger partial charge on any atom is 0.152 e. The topological polar surface area (TPSA) is 24.4 Å². The van der Waals surface area contributed by atoms with Crippen LogP contribution in [-0.4, -0.2) is 6.21 Å². The molecule has 2 aromatic rings. The molecule has 0 bridgehead atoms. The van der Waals surface area contributed by atoms with E-state index in [9.17, 15) is 8.78 Å². The molecule has 0 unspecified atom stereocenters. The molecule has 0 aromatic heterocycles. The highest BCUT2D eigenvalue weighted by atomic mass is 127. The minimum Gasteiger partial charge on any atom is -0.340 e. The largest absolute Gasteiger partial charge is 0.340 e. The molecule has 126 valence electrons. The summed E-state index contributed by atoms with van der Waals surface area (Å²) >= 11 is 7.89. The van der Waals surface area contributed by atoms with Gasteiger partial charge in [0.25, 0.3) is 0 Å². The number of allylic oxidation sites excluding steroid dienone is 3. The molecule has 0 saturated carbocycles. The first-order valence-electron chi connectivity index (χ1n) is 7.29. The van der Waals surface area contributed by atoms with Gasteiger partial charge in [0.15, 0.2) is 5.82 Å². The van der Waals surface area contributed by atoms with E-state index in [2.05, 4.69) is 39.5 Å². The Morgan fingerprint density at radius 1 is 1.16 bits per heavy atom. The number of aliphatic imine (C=N–C) groups is 1. The summed E-state index contributed by atoms with van der Waals surface area (Å²) in [5, 5.41) is 2.66. The smallest absolute Gasteiger partial charge is 0.152 e. The Hall–Kier alpha value is -1.99. The average molecular weight is 469 g/mol. The van der Waals surface area contributed by atoms with Gasteiger partial charge in [-0.05, 0) is 52.9 Å². The summed E-state index contributed by atoms with van der Waals surface area (Å²) in [6.45, 7) is 3.65. The molecular weight excluding hydrogens is 457 g/mol. The Kier molecular flexibility index (Phi) is 5.34. The van der Waals surface area contributed by atoms with Gasteiger partial charge in [-0.25, -0.2) is 13.8 Å².